The van der Waals surface area contributed by atoms with Gasteiger partial charge >= 0.3 is 0 Å². The zero-order valence-corrected chi connectivity index (χ0v) is 19.5. The fourth-order valence-corrected chi connectivity index (χ4v) is 5.38. The minimum Gasteiger partial charge on any atom is -0.353 e. The number of amides is 1. The van der Waals surface area contributed by atoms with Crippen molar-refractivity contribution in [2.24, 2.45) is 0 Å². The first kappa shape index (κ1) is 23.6. The topological polar surface area (TPSA) is 66.5 Å². The Morgan fingerprint density at radius 2 is 1.79 bits per heavy atom. The molecule has 0 saturated carbocycles. The number of aryl methyl sites for hydroxylation is 2. The van der Waals surface area contributed by atoms with Crippen molar-refractivity contribution in [3.8, 4) is 0 Å². The van der Waals surface area contributed by atoms with E-state index < -0.39 is 16.1 Å². The van der Waals surface area contributed by atoms with E-state index in [1.807, 2.05) is 44.2 Å². The van der Waals surface area contributed by atoms with Gasteiger partial charge in [-0.25, -0.2) is 8.42 Å². The van der Waals surface area contributed by atoms with Crippen LogP contribution in [-0.2, 0) is 20.6 Å². The van der Waals surface area contributed by atoms with E-state index in [0.717, 1.165) is 33.7 Å². The highest BCUT2D eigenvalue weighted by Crippen LogP contribution is 2.24. The highest BCUT2D eigenvalue weighted by Gasteiger charge is 2.29. The van der Waals surface area contributed by atoms with Crippen molar-refractivity contribution >= 4 is 45.0 Å². The smallest absolute Gasteiger partial charge is 0.243 e. The number of anilines is 1. The van der Waals surface area contributed by atoms with Crippen molar-refractivity contribution in [1.29, 1.82) is 0 Å². The molecule has 158 valence electrons. The largest absolute Gasteiger partial charge is 0.353 e. The van der Waals surface area contributed by atoms with Gasteiger partial charge in [-0.1, -0.05) is 35.9 Å². The van der Waals surface area contributed by atoms with E-state index in [-0.39, 0.29) is 5.91 Å². The molecule has 0 unspecified atom stereocenters. The lowest BCUT2D eigenvalue weighted by atomic mass is 10.1. The molecule has 2 aromatic rings. The third-order valence-electron chi connectivity index (χ3n) is 4.31. The molecule has 2 rings (SSSR count). The van der Waals surface area contributed by atoms with E-state index in [2.05, 4.69) is 5.32 Å². The maximum Gasteiger partial charge on any atom is 0.243 e. The molecule has 0 aromatic heterocycles. The average molecular weight is 455 g/mol. The van der Waals surface area contributed by atoms with Gasteiger partial charge in [0.05, 0.1) is 11.9 Å². The van der Waals surface area contributed by atoms with Crippen LogP contribution in [0.25, 0.3) is 0 Å². The molecule has 0 aliphatic heterocycles. The zero-order valence-electron chi connectivity index (χ0n) is 17.1. The number of halogens is 1. The number of thioether (sulfide) groups is 1. The third kappa shape index (κ3) is 6.94. The SMILES string of the molecule is Cc1cc(C)cc(N([C@H](C)C(=O)NCCSCc2ccccc2Cl)S(C)(=O)=O)c1. The Hall–Kier alpha value is -1.70. The van der Waals surface area contributed by atoms with Crippen LogP contribution in [0.15, 0.2) is 42.5 Å². The van der Waals surface area contributed by atoms with Crippen LogP contribution in [-0.4, -0.2) is 38.9 Å². The summed E-state index contributed by atoms with van der Waals surface area (Å²) in [6, 6.07) is 12.3. The lowest BCUT2D eigenvalue weighted by Crippen LogP contribution is -2.48. The van der Waals surface area contributed by atoms with Crippen LogP contribution >= 0.6 is 23.4 Å². The maximum atomic E-state index is 12.6. The summed E-state index contributed by atoms with van der Waals surface area (Å²) in [6.07, 6.45) is 1.12. The van der Waals surface area contributed by atoms with Crippen LogP contribution in [0, 0.1) is 13.8 Å². The van der Waals surface area contributed by atoms with Crippen LogP contribution in [0.1, 0.15) is 23.6 Å². The van der Waals surface area contributed by atoms with Crippen LogP contribution in [0.5, 0.6) is 0 Å². The number of nitrogens with zero attached hydrogens (tertiary/aromatic N) is 1. The van der Waals surface area contributed by atoms with E-state index in [1.54, 1.807) is 30.8 Å². The van der Waals surface area contributed by atoms with Gasteiger partial charge in [-0.2, -0.15) is 11.8 Å². The number of hydrogen-bond acceptors (Lipinski definition) is 4. The van der Waals surface area contributed by atoms with Crippen molar-refractivity contribution < 1.29 is 13.2 Å². The monoisotopic (exact) mass is 454 g/mol. The molecule has 0 spiro atoms. The summed E-state index contributed by atoms with van der Waals surface area (Å²) < 4.78 is 26.0. The van der Waals surface area contributed by atoms with Gasteiger partial charge in [-0.15, -0.1) is 0 Å². The second kappa shape index (κ2) is 10.4. The van der Waals surface area contributed by atoms with Gasteiger partial charge in [0.15, 0.2) is 0 Å². The summed E-state index contributed by atoms with van der Waals surface area (Å²) in [4.78, 5) is 12.6. The molecule has 29 heavy (non-hydrogen) atoms. The lowest BCUT2D eigenvalue weighted by molar-refractivity contribution is -0.121. The van der Waals surface area contributed by atoms with Gasteiger partial charge in [-0.05, 0) is 55.7 Å². The Bertz CT molecular complexity index is 944. The van der Waals surface area contributed by atoms with Crippen molar-refractivity contribution in [3.63, 3.8) is 0 Å². The molecule has 0 radical (unpaired) electrons. The van der Waals surface area contributed by atoms with E-state index in [4.69, 9.17) is 11.6 Å². The van der Waals surface area contributed by atoms with E-state index >= 15 is 0 Å². The Kier molecular flexibility index (Phi) is 8.43. The molecule has 0 fully saturated rings. The van der Waals surface area contributed by atoms with Gasteiger partial charge in [0.25, 0.3) is 0 Å². The first-order valence-electron chi connectivity index (χ1n) is 9.26. The number of carbonyl (C=O) groups excluding carboxylic acids is 1. The molecule has 1 N–H and O–H groups in total. The number of carbonyl (C=O) groups is 1. The molecule has 0 saturated heterocycles. The van der Waals surface area contributed by atoms with Gasteiger partial charge < -0.3 is 5.32 Å². The van der Waals surface area contributed by atoms with Gasteiger partial charge in [-0.3, -0.25) is 9.10 Å². The summed E-state index contributed by atoms with van der Waals surface area (Å²) in [7, 11) is -3.62. The highest BCUT2D eigenvalue weighted by molar-refractivity contribution is 7.98. The fourth-order valence-electron chi connectivity index (χ4n) is 3.08. The summed E-state index contributed by atoms with van der Waals surface area (Å²) in [5.74, 6) is 1.13. The van der Waals surface area contributed by atoms with Crippen molar-refractivity contribution in [3.05, 3.63) is 64.2 Å². The van der Waals surface area contributed by atoms with E-state index in [0.29, 0.717) is 18.0 Å². The minimum atomic E-state index is -3.62. The van der Waals surface area contributed by atoms with Crippen molar-refractivity contribution in [2.45, 2.75) is 32.6 Å². The minimum absolute atomic E-state index is 0.326. The number of sulfonamides is 1. The molecule has 0 aliphatic rings. The van der Waals surface area contributed by atoms with Crippen molar-refractivity contribution in [1.82, 2.24) is 5.32 Å². The maximum absolute atomic E-state index is 12.6. The highest BCUT2D eigenvalue weighted by atomic mass is 35.5. The Morgan fingerprint density at radius 3 is 2.38 bits per heavy atom. The zero-order chi connectivity index (χ0) is 21.6. The molecule has 2 aromatic carbocycles. The second-order valence-corrected chi connectivity index (χ2v) is 10.4. The second-order valence-electron chi connectivity index (χ2n) is 7.02. The van der Waals surface area contributed by atoms with E-state index in [1.165, 1.54) is 4.31 Å². The van der Waals surface area contributed by atoms with Crippen LogP contribution < -0.4 is 9.62 Å². The fraction of sp³-hybridized carbons (Fsp3) is 0.381. The van der Waals surface area contributed by atoms with Gasteiger partial charge in [0, 0.05) is 23.1 Å². The van der Waals surface area contributed by atoms with Gasteiger partial charge in [0.1, 0.15) is 6.04 Å². The predicted molar refractivity (Wildman–Crippen MR) is 123 cm³/mol. The number of rotatable bonds is 9. The number of nitrogens with one attached hydrogen (secondary N) is 1. The third-order valence-corrected chi connectivity index (χ3v) is 6.93. The molecule has 0 bridgehead atoms. The first-order chi connectivity index (χ1) is 13.6. The first-order valence-corrected chi connectivity index (χ1v) is 12.6. The number of hydrogen-bond donors (Lipinski definition) is 1. The summed E-state index contributed by atoms with van der Waals surface area (Å²) in [5, 5.41) is 3.57. The quantitative estimate of drug-likeness (QED) is 0.577. The molecule has 0 aliphatic carbocycles. The van der Waals surface area contributed by atoms with Crippen LogP contribution in [0.2, 0.25) is 5.02 Å². The molecular weight excluding hydrogens is 428 g/mol. The predicted octanol–water partition coefficient (Wildman–Crippen LogP) is 4.16. The van der Waals surface area contributed by atoms with Gasteiger partial charge in [0.2, 0.25) is 15.9 Å². The molecule has 1 atom stereocenters. The normalized spacial score (nSPS) is 12.4. The Balaban J connectivity index is 1.96. The number of benzene rings is 2. The van der Waals surface area contributed by atoms with Crippen LogP contribution in [0.4, 0.5) is 5.69 Å². The average Bonchev–Trinajstić information content (AvgIpc) is 2.60. The standard InChI is InChI=1S/C21H27ClN2O3S2/c1-15-11-16(2)13-19(12-15)24(29(4,26)27)17(3)21(25)23-9-10-28-14-18-7-5-6-8-20(18)22/h5-8,11-13,17H,9-10,14H2,1-4H3,(H,23,25)/t17-/m1/s1. The summed E-state index contributed by atoms with van der Waals surface area (Å²) in [6.45, 7) is 5.85. The molecule has 1 amide bonds. The molecule has 8 heteroatoms. The lowest BCUT2D eigenvalue weighted by Gasteiger charge is -2.28. The summed E-state index contributed by atoms with van der Waals surface area (Å²) >= 11 is 7.80. The Labute approximate surface area is 182 Å². The Morgan fingerprint density at radius 1 is 1.17 bits per heavy atom. The summed E-state index contributed by atoms with van der Waals surface area (Å²) in [5.41, 5.74) is 3.44. The van der Waals surface area contributed by atoms with E-state index in [9.17, 15) is 13.2 Å². The van der Waals surface area contributed by atoms with Crippen LogP contribution in [0.3, 0.4) is 0 Å². The van der Waals surface area contributed by atoms with Crippen molar-refractivity contribution in [2.75, 3.05) is 22.9 Å². The molecular formula is C21H27ClN2O3S2. The molecule has 5 nitrogen and oxygen atoms in total. The molecule has 0 heterocycles.